The van der Waals surface area contributed by atoms with E-state index in [1.165, 1.54) is 24.3 Å². The second kappa shape index (κ2) is 3.81. The molecule has 0 heterocycles. The van der Waals surface area contributed by atoms with Crippen LogP contribution in [0.25, 0.3) is 0 Å². The average Bonchev–Trinajstić information content (AvgIpc) is 2.02. The van der Waals surface area contributed by atoms with E-state index in [-0.39, 0.29) is 11.4 Å². The van der Waals surface area contributed by atoms with E-state index in [4.69, 9.17) is 10.7 Å². The SMILES string of the molecule is O=[N+]([O-])c1ccc(NS(=O)(=O)Cl)cc1. The maximum Gasteiger partial charge on any atom is 0.319 e. The van der Waals surface area contributed by atoms with Crippen molar-refractivity contribution in [2.45, 2.75) is 0 Å². The maximum atomic E-state index is 10.5. The van der Waals surface area contributed by atoms with Crippen LogP contribution in [0, 0.1) is 10.1 Å². The molecule has 0 aromatic heterocycles. The van der Waals surface area contributed by atoms with Gasteiger partial charge in [-0.1, -0.05) is 0 Å². The number of non-ortho nitro benzene ring substituents is 1. The van der Waals surface area contributed by atoms with Gasteiger partial charge in [0.25, 0.3) is 5.69 Å². The highest BCUT2D eigenvalue weighted by Crippen LogP contribution is 2.16. The molecule has 0 atom stereocenters. The van der Waals surface area contributed by atoms with E-state index in [0.29, 0.717) is 0 Å². The smallest absolute Gasteiger partial charge is 0.271 e. The normalized spacial score (nSPS) is 10.9. The van der Waals surface area contributed by atoms with Gasteiger partial charge < -0.3 is 0 Å². The molecule has 1 rings (SSSR count). The lowest BCUT2D eigenvalue weighted by Crippen LogP contribution is -2.03. The number of hydrogen-bond acceptors (Lipinski definition) is 4. The minimum Gasteiger partial charge on any atom is -0.271 e. The number of rotatable bonds is 3. The van der Waals surface area contributed by atoms with Crippen LogP contribution in [-0.2, 0) is 9.24 Å². The zero-order chi connectivity index (χ0) is 10.8. The predicted molar refractivity (Wildman–Crippen MR) is 51.5 cm³/mol. The fraction of sp³-hybridized carbons (Fsp3) is 0. The molecule has 8 heteroatoms. The molecule has 0 radical (unpaired) electrons. The first kappa shape index (κ1) is 10.7. The summed E-state index contributed by atoms with van der Waals surface area (Å²) in [6, 6.07) is 4.84. The zero-order valence-corrected chi connectivity index (χ0v) is 8.25. The van der Waals surface area contributed by atoms with Crippen molar-refractivity contribution in [1.82, 2.24) is 0 Å². The molecule has 0 aliphatic rings. The number of nitro groups is 1. The molecule has 76 valence electrons. The van der Waals surface area contributed by atoms with Gasteiger partial charge in [-0.15, -0.1) is 0 Å². The van der Waals surface area contributed by atoms with Crippen molar-refractivity contribution in [2.75, 3.05) is 4.72 Å². The van der Waals surface area contributed by atoms with Crippen molar-refractivity contribution in [2.24, 2.45) is 0 Å². The average molecular weight is 237 g/mol. The molecule has 0 saturated carbocycles. The van der Waals surface area contributed by atoms with Crippen LogP contribution in [0.1, 0.15) is 0 Å². The standard InChI is InChI=1S/C6H5ClN2O4S/c7-14(12,13)8-5-1-3-6(4-2-5)9(10)11/h1-4,8H. The fourth-order valence-electron chi connectivity index (χ4n) is 0.792. The highest BCUT2D eigenvalue weighted by molar-refractivity contribution is 8.14. The Morgan fingerprint density at radius 3 is 2.14 bits per heavy atom. The molecule has 0 fully saturated rings. The monoisotopic (exact) mass is 236 g/mol. The lowest BCUT2D eigenvalue weighted by Gasteiger charge is -2.00. The van der Waals surface area contributed by atoms with Crippen molar-refractivity contribution in [3.63, 3.8) is 0 Å². The van der Waals surface area contributed by atoms with E-state index in [9.17, 15) is 18.5 Å². The molecule has 0 unspecified atom stereocenters. The minimum absolute atomic E-state index is 0.123. The van der Waals surface area contributed by atoms with Crippen LogP contribution >= 0.6 is 10.7 Å². The third kappa shape index (κ3) is 3.19. The van der Waals surface area contributed by atoms with Crippen molar-refractivity contribution in [3.05, 3.63) is 34.4 Å². The minimum atomic E-state index is -3.86. The highest BCUT2D eigenvalue weighted by Gasteiger charge is 2.07. The first-order chi connectivity index (χ1) is 6.38. The molecule has 0 spiro atoms. The lowest BCUT2D eigenvalue weighted by atomic mass is 10.3. The molecular formula is C6H5ClN2O4S. The van der Waals surface area contributed by atoms with Crippen LogP contribution < -0.4 is 4.72 Å². The van der Waals surface area contributed by atoms with Crippen molar-refractivity contribution in [1.29, 1.82) is 0 Å². The molecule has 1 N–H and O–H groups in total. The molecular weight excluding hydrogens is 232 g/mol. The summed E-state index contributed by atoms with van der Waals surface area (Å²) >= 11 is 0. The van der Waals surface area contributed by atoms with Crippen molar-refractivity contribution < 1.29 is 13.3 Å². The van der Waals surface area contributed by atoms with Crippen LogP contribution in [0.5, 0.6) is 0 Å². The quantitative estimate of drug-likeness (QED) is 0.489. The summed E-state index contributed by atoms with van der Waals surface area (Å²) in [5.74, 6) is 0. The number of nitro benzene ring substituents is 1. The number of benzene rings is 1. The van der Waals surface area contributed by atoms with Crippen LogP contribution in [-0.4, -0.2) is 13.3 Å². The van der Waals surface area contributed by atoms with E-state index >= 15 is 0 Å². The van der Waals surface area contributed by atoms with Gasteiger partial charge in [0.05, 0.1) is 10.6 Å². The summed E-state index contributed by atoms with van der Waals surface area (Å²) < 4.78 is 23.0. The molecule has 0 amide bonds. The number of halogens is 1. The summed E-state index contributed by atoms with van der Waals surface area (Å²) in [4.78, 5) is 9.65. The Labute approximate surface area is 84.2 Å². The second-order valence-corrected chi connectivity index (χ2v) is 4.64. The van der Waals surface area contributed by atoms with E-state index in [0.717, 1.165) is 0 Å². The molecule has 0 saturated heterocycles. The lowest BCUT2D eigenvalue weighted by molar-refractivity contribution is -0.384. The zero-order valence-electron chi connectivity index (χ0n) is 6.68. The molecule has 14 heavy (non-hydrogen) atoms. The number of hydrogen-bond donors (Lipinski definition) is 1. The van der Waals surface area contributed by atoms with Gasteiger partial charge in [0.1, 0.15) is 0 Å². The highest BCUT2D eigenvalue weighted by atomic mass is 35.7. The summed E-state index contributed by atoms with van der Waals surface area (Å²) in [5.41, 5.74) is 0.0492. The van der Waals surface area contributed by atoms with Gasteiger partial charge in [-0.2, -0.15) is 8.42 Å². The summed E-state index contributed by atoms with van der Waals surface area (Å²) in [6.07, 6.45) is 0. The van der Waals surface area contributed by atoms with Crippen molar-refractivity contribution >= 4 is 31.3 Å². The van der Waals surface area contributed by atoms with Crippen LogP contribution in [0.4, 0.5) is 11.4 Å². The van der Waals surface area contributed by atoms with Gasteiger partial charge >= 0.3 is 9.24 Å². The van der Waals surface area contributed by atoms with E-state index < -0.39 is 14.2 Å². The molecule has 1 aromatic carbocycles. The van der Waals surface area contributed by atoms with Gasteiger partial charge in [0, 0.05) is 22.8 Å². The van der Waals surface area contributed by atoms with E-state index in [1.807, 2.05) is 4.72 Å². The van der Waals surface area contributed by atoms with Gasteiger partial charge in [-0.3, -0.25) is 14.8 Å². The van der Waals surface area contributed by atoms with Gasteiger partial charge in [0.2, 0.25) is 0 Å². The van der Waals surface area contributed by atoms with Crippen LogP contribution in [0.15, 0.2) is 24.3 Å². The Morgan fingerprint density at radius 2 is 1.79 bits per heavy atom. The van der Waals surface area contributed by atoms with Gasteiger partial charge in [0.15, 0.2) is 0 Å². The largest absolute Gasteiger partial charge is 0.319 e. The predicted octanol–water partition coefficient (Wildman–Crippen LogP) is 1.49. The van der Waals surface area contributed by atoms with Gasteiger partial charge in [-0.25, -0.2) is 0 Å². The van der Waals surface area contributed by atoms with Crippen LogP contribution in [0.3, 0.4) is 0 Å². The molecule has 6 nitrogen and oxygen atoms in total. The first-order valence-corrected chi connectivity index (χ1v) is 5.66. The van der Waals surface area contributed by atoms with Crippen molar-refractivity contribution in [3.8, 4) is 0 Å². The van der Waals surface area contributed by atoms with Crippen LogP contribution in [0.2, 0.25) is 0 Å². The van der Waals surface area contributed by atoms with E-state index in [1.54, 1.807) is 0 Å². The Morgan fingerprint density at radius 1 is 1.29 bits per heavy atom. The summed E-state index contributed by atoms with van der Waals surface area (Å²) in [7, 11) is 1.04. The third-order valence-corrected chi connectivity index (χ3v) is 2.03. The van der Waals surface area contributed by atoms with E-state index in [2.05, 4.69) is 0 Å². The second-order valence-electron chi connectivity index (χ2n) is 2.34. The molecule has 0 bridgehead atoms. The first-order valence-electron chi connectivity index (χ1n) is 3.35. The molecule has 0 aliphatic heterocycles. The third-order valence-electron chi connectivity index (χ3n) is 1.32. The number of anilines is 1. The summed E-state index contributed by atoms with van der Waals surface area (Å²) in [6.45, 7) is 0. The Kier molecular flexibility index (Phi) is 2.92. The summed E-state index contributed by atoms with van der Waals surface area (Å²) in [5, 5.41) is 10.2. The maximum absolute atomic E-state index is 10.5. The number of nitrogens with one attached hydrogen (secondary N) is 1. The molecule has 0 aliphatic carbocycles. The fourth-order valence-corrected chi connectivity index (χ4v) is 1.48. The number of nitrogens with zero attached hydrogens (tertiary/aromatic N) is 1. The topological polar surface area (TPSA) is 89.3 Å². The Hall–Kier alpha value is -1.34. The molecule has 1 aromatic rings. The van der Waals surface area contributed by atoms with Gasteiger partial charge in [-0.05, 0) is 12.1 Å². The Balaban J connectivity index is 2.90. The Bertz CT molecular complexity index is 441.